The molecule has 0 radical (unpaired) electrons. The molecule has 0 saturated carbocycles. The molecule has 22 heavy (non-hydrogen) atoms. The van der Waals surface area contributed by atoms with Crippen LogP contribution in [0.1, 0.15) is 10.5 Å². The van der Waals surface area contributed by atoms with Crippen LogP contribution in [-0.2, 0) is 7.05 Å². The maximum absolute atomic E-state index is 13.6. The number of hydrogen-bond acceptors (Lipinski definition) is 4. The van der Waals surface area contributed by atoms with Gasteiger partial charge in [-0.1, -0.05) is 6.07 Å². The minimum Gasteiger partial charge on any atom is -0.477 e. The maximum atomic E-state index is 13.6. The summed E-state index contributed by atoms with van der Waals surface area (Å²) in [5, 5.41) is 16.8. The second-order valence-electron chi connectivity index (χ2n) is 4.69. The summed E-state index contributed by atoms with van der Waals surface area (Å²) in [6.45, 7) is 0. The summed E-state index contributed by atoms with van der Waals surface area (Å²) in [5.41, 5.74) is 1.72. The van der Waals surface area contributed by atoms with Gasteiger partial charge in [-0.2, -0.15) is 0 Å². The summed E-state index contributed by atoms with van der Waals surface area (Å²) >= 11 is 0. The van der Waals surface area contributed by atoms with Gasteiger partial charge in [0.2, 0.25) is 0 Å². The number of nitrogens with zero attached hydrogens (tertiary/aromatic N) is 4. The zero-order valence-electron chi connectivity index (χ0n) is 11.6. The molecule has 6 nitrogen and oxygen atoms in total. The standard InChI is InChI=1S/C15H11FN4O2/c1-20-8-18-19-14(20)12-7-10(16)2-3-11(12)9-4-5-17-13(6-9)15(21)22/h2-8H,1H3,(H,21,22). The van der Waals surface area contributed by atoms with Crippen LogP contribution in [0.15, 0.2) is 42.9 Å². The Balaban J connectivity index is 2.22. The van der Waals surface area contributed by atoms with E-state index in [1.165, 1.54) is 30.7 Å². The van der Waals surface area contributed by atoms with E-state index in [4.69, 9.17) is 5.11 Å². The predicted molar refractivity (Wildman–Crippen MR) is 76.6 cm³/mol. The Morgan fingerprint density at radius 3 is 2.73 bits per heavy atom. The fourth-order valence-corrected chi connectivity index (χ4v) is 2.20. The number of carboxylic acid groups (broad SMARTS) is 1. The molecule has 0 aliphatic heterocycles. The zero-order chi connectivity index (χ0) is 15.7. The second kappa shape index (κ2) is 5.36. The van der Waals surface area contributed by atoms with E-state index in [0.29, 0.717) is 22.5 Å². The Kier molecular flexibility index (Phi) is 3.38. The first-order valence-electron chi connectivity index (χ1n) is 6.40. The lowest BCUT2D eigenvalue weighted by atomic mass is 9.99. The van der Waals surface area contributed by atoms with E-state index in [1.54, 1.807) is 23.7 Å². The summed E-state index contributed by atoms with van der Waals surface area (Å²) in [7, 11) is 1.75. The van der Waals surface area contributed by atoms with E-state index < -0.39 is 11.8 Å². The molecule has 3 rings (SSSR count). The monoisotopic (exact) mass is 298 g/mol. The number of carboxylic acids is 1. The molecule has 0 spiro atoms. The van der Waals surface area contributed by atoms with E-state index in [2.05, 4.69) is 15.2 Å². The van der Waals surface area contributed by atoms with Gasteiger partial charge in [-0.25, -0.2) is 14.2 Å². The molecule has 0 amide bonds. The highest BCUT2D eigenvalue weighted by molar-refractivity contribution is 5.88. The molecule has 2 heterocycles. The van der Waals surface area contributed by atoms with Crippen LogP contribution in [-0.4, -0.2) is 30.8 Å². The lowest BCUT2D eigenvalue weighted by Crippen LogP contribution is -2.00. The van der Waals surface area contributed by atoms with E-state index in [-0.39, 0.29) is 5.69 Å². The van der Waals surface area contributed by atoms with Crippen molar-refractivity contribution in [2.24, 2.45) is 7.05 Å². The van der Waals surface area contributed by atoms with Crippen molar-refractivity contribution in [3.05, 3.63) is 54.4 Å². The van der Waals surface area contributed by atoms with E-state index in [1.807, 2.05) is 0 Å². The van der Waals surface area contributed by atoms with Crippen LogP contribution in [0.25, 0.3) is 22.5 Å². The number of carbonyl (C=O) groups is 1. The van der Waals surface area contributed by atoms with Crippen molar-refractivity contribution in [2.45, 2.75) is 0 Å². The first-order valence-corrected chi connectivity index (χ1v) is 6.40. The topological polar surface area (TPSA) is 80.9 Å². The number of pyridine rings is 1. The van der Waals surface area contributed by atoms with Gasteiger partial charge in [-0.15, -0.1) is 10.2 Å². The highest BCUT2D eigenvalue weighted by atomic mass is 19.1. The fourth-order valence-electron chi connectivity index (χ4n) is 2.20. The second-order valence-corrected chi connectivity index (χ2v) is 4.69. The summed E-state index contributed by atoms with van der Waals surface area (Å²) in [4.78, 5) is 14.8. The highest BCUT2D eigenvalue weighted by Crippen LogP contribution is 2.31. The van der Waals surface area contributed by atoms with Crippen molar-refractivity contribution in [1.29, 1.82) is 0 Å². The van der Waals surface area contributed by atoms with Crippen molar-refractivity contribution in [3.63, 3.8) is 0 Å². The number of benzene rings is 1. The Morgan fingerprint density at radius 2 is 2.05 bits per heavy atom. The Labute approximate surface area is 124 Å². The molecule has 110 valence electrons. The Bertz CT molecular complexity index is 860. The summed E-state index contributed by atoms with van der Waals surface area (Å²) in [5.74, 6) is -1.04. The molecule has 2 aromatic heterocycles. The number of hydrogen-bond donors (Lipinski definition) is 1. The van der Waals surface area contributed by atoms with E-state index in [9.17, 15) is 9.18 Å². The summed E-state index contributed by atoms with van der Waals surface area (Å²) in [6.07, 6.45) is 2.92. The van der Waals surface area contributed by atoms with Crippen LogP contribution in [0.4, 0.5) is 4.39 Å². The third-order valence-electron chi connectivity index (χ3n) is 3.22. The van der Waals surface area contributed by atoms with Gasteiger partial charge in [0, 0.05) is 18.8 Å². The summed E-state index contributed by atoms with van der Waals surface area (Å²) in [6, 6.07) is 7.35. The molecule has 0 bridgehead atoms. The minimum absolute atomic E-state index is 0.0780. The lowest BCUT2D eigenvalue weighted by molar-refractivity contribution is 0.0690. The first kappa shape index (κ1) is 13.9. The molecule has 0 aliphatic rings. The molecule has 0 saturated heterocycles. The molecule has 1 N–H and O–H groups in total. The Morgan fingerprint density at radius 1 is 1.23 bits per heavy atom. The van der Waals surface area contributed by atoms with Gasteiger partial charge in [-0.05, 0) is 35.4 Å². The molecule has 0 fully saturated rings. The molecular formula is C15H11FN4O2. The minimum atomic E-state index is -1.12. The van der Waals surface area contributed by atoms with Gasteiger partial charge in [0.05, 0.1) is 0 Å². The molecule has 0 unspecified atom stereocenters. The number of aromatic carboxylic acids is 1. The Hall–Kier alpha value is -3.09. The molecular weight excluding hydrogens is 287 g/mol. The third kappa shape index (κ3) is 2.44. The van der Waals surface area contributed by atoms with Crippen LogP contribution in [0.3, 0.4) is 0 Å². The highest BCUT2D eigenvalue weighted by Gasteiger charge is 2.15. The third-order valence-corrected chi connectivity index (χ3v) is 3.22. The maximum Gasteiger partial charge on any atom is 0.354 e. The number of halogens is 1. The van der Waals surface area contributed by atoms with Gasteiger partial charge < -0.3 is 9.67 Å². The SMILES string of the molecule is Cn1cnnc1-c1cc(F)ccc1-c1ccnc(C(=O)O)c1. The molecule has 1 aromatic carbocycles. The summed E-state index contributed by atoms with van der Waals surface area (Å²) < 4.78 is 15.3. The fraction of sp³-hybridized carbons (Fsp3) is 0.0667. The number of aromatic nitrogens is 4. The van der Waals surface area contributed by atoms with Crippen LogP contribution < -0.4 is 0 Å². The van der Waals surface area contributed by atoms with Crippen LogP contribution in [0.2, 0.25) is 0 Å². The zero-order valence-corrected chi connectivity index (χ0v) is 11.6. The predicted octanol–water partition coefficient (Wildman–Crippen LogP) is 2.38. The molecule has 0 aliphatic carbocycles. The molecule has 0 atom stereocenters. The van der Waals surface area contributed by atoms with Crippen molar-refractivity contribution < 1.29 is 14.3 Å². The van der Waals surface area contributed by atoms with E-state index in [0.717, 1.165) is 0 Å². The lowest BCUT2D eigenvalue weighted by Gasteiger charge is -2.10. The first-order chi connectivity index (χ1) is 10.6. The van der Waals surface area contributed by atoms with E-state index >= 15 is 0 Å². The van der Waals surface area contributed by atoms with Gasteiger partial charge in [-0.3, -0.25) is 0 Å². The normalized spacial score (nSPS) is 10.6. The van der Waals surface area contributed by atoms with Crippen molar-refractivity contribution >= 4 is 5.97 Å². The number of rotatable bonds is 3. The largest absolute Gasteiger partial charge is 0.477 e. The van der Waals surface area contributed by atoms with Crippen molar-refractivity contribution in [2.75, 3.05) is 0 Å². The van der Waals surface area contributed by atoms with Gasteiger partial charge in [0.1, 0.15) is 17.8 Å². The average molecular weight is 298 g/mol. The quantitative estimate of drug-likeness (QED) is 0.803. The van der Waals surface area contributed by atoms with Crippen LogP contribution >= 0.6 is 0 Å². The smallest absolute Gasteiger partial charge is 0.354 e. The van der Waals surface area contributed by atoms with Crippen LogP contribution in [0.5, 0.6) is 0 Å². The van der Waals surface area contributed by atoms with Crippen LogP contribution in [0, 0.1) is 5.82 Å². The van der Waals surface area contributed by atoms with Crippen molar-refractivity contribution in [1.82, 2.24) is 19.7 Å². The van der Waals surface area contributed by atoms with Gasteiger partial charge in [0.15, 0.2) is 5.82 Å². The average Bonchev–Trinajstić information content (AvgIpc) is 2.93. The molecule has 7 heteroatoms. The van der Waals surface area contributed by atoms with Gasteiger partial charge >= 0.3 is 5.97 Å². The van der Waals surface area contributed by atoms with Gasteiger partial charge in [0.25, 0.3) is 0 Å². The molecule has 3 aromatic rings. The number of aryl methyl sites for hydroxylation is 1. The van der Waals surface area contributed by atoms with Crippen molar-refractivity contribution in [3.8, 4) is 22.5 Å².